The van der Waals surface area contributed by atoms with Gasteiger partial charge < -0.3 is 5.73 Å². The molecule has 0 radical (unpaired) electrons. The number of nitrogens with two attached hydrogens (primary N) is 1. The quantitative estimate of drug-likeness (QED) is 0.862. The molecule has 0 bridgehead atoms. The van der Waals surface area contributed by atoms with E-state index in [0.29, 0.717) is 5.92 Å². The third-order valence-electron chi connectivity index (χ3n) is 2.95. The van der Waals surface area contributed by atoms with Gasteiger partial charge in [-0.1, -0.05) is 56.3 Å². The van der Waals surface area contributed by atoms with Gasteiger partial charge in [-0.25, -0.2) is 0 Å². The predicted octanol–water partition coefficient (Wildman–Crippen LogP) is 4.31. The molecule has 0 spiro atoms. The van der Waals surface area contributed by atoms with Crippen LogP contribution in [0.1, 0.15) is 31.9 Å². The maximum atomic E-state index is 6.26. The standard InChI is InChI=1S/C15H19N.ClH/c1-11(2)10-15(16)14-9-5-7-12-6-3-4-8-13(12)14;/h3-9,11,15H,10,16H2,1-2H3;1H. The van der Waals surface area contributed by atoms with Crippen molar-refractivity contribution >= 4 is 23.2 Å². The molecule has 2 N–H and O–H groups in total. The van der Waals surface area contributed by atoms with Crippen molar-refractivity contribution in [1.29, 1.82) is 0 Å². The molecule has 0 aliphatic heterocycles. The molecule has 17 heavy (non-hydrogen) atoms. The first-order valence-corrected chi connectivity index (χ1v) is 5.91. The van der Waals surface area contributed by atoms with Crippen LogP contribution in [-0.2, 0) is 0 Å². The SMILES string of the molecule is CC(C)CC(N)c1cccc2ccccc12.Cl. The normalized spacial score (nSPS) is 12.5. The monoisotopic (exact) mass is 249 g/mol. The minimum absolute atomic E-state index is 0. The van der Waals surface area contributed by atoms with Crippen molar-refractivity contribution in [1.82, 2.24) is 0 Å². The second-order valence-electron chi connectivity index (χ2n) is 4.80. The van der Waals surface area contributed by atoms with Crippen LogP contribution < -0.4 is 5.73 Å². The minimum atomic E-state index is 0. The topological polar surface area (TPSA) is 26.0 Å². The van der Waals surface area contributed by atoms with Crippen molar-refractivity contribution in [2.75, 3.05) is 0 Å². The minimum Gasteiger partial charge on any atom is -0.324 e. The lowest BCUT2D eigenvalue weighted by Crippen LogP contribution is -2.13. The Morgan fingerprint density at radius 2 is 1.65 bits per heavy atom. The summed E-state index contributed by atoms with van der Waals surface area (Å²) in [7, 11) is 0. The third kappa shape index (κ3) is 3.21. The van der Waals surface area contributed by atoms with Crippen LogP contribution in [0.2, 0.25) is 0 Å². The Morgan fingerprint density at radius 3 is 2.35 bits per heavy atom. The maximum Gasteiger partial charge on any atom is 0.0303 e. The molecule has 0 fully saturated rings. The molecule has 2 aromatic rings. The largest absolute Gasteiger partial charge is 0.324 e. The van der Waals surface area contributed by atoms with Crippen molar-refractivity contribution in [2.45, 2.75) is 26.3 Å². The summed E-state index contributed by atoms with van der Waals surface area (Å²) in [6.07, 6.45) is 1.04. The molecule has 0 saturated carbocycles. The number of fused-ring (bicyclic) bond motifs is 1. The van der Waals surface area contributed by atoms with E-state index < -0.39 is 0 Å². The van der Waals surface area contributed by atoms with Crippen LogP contribution in [-0.4, -0.2) is 0 Å². The number of hydrogen-bond donors (Lipinski definition) is 1. The Balaban J connectivity index is 0.00000144. The molecule has 0 heterocycles. The van der Waals surface area contributed by atoms with E-state index in [1.165, 1.54) is 16.3 Å². The van der Waals surface area contributed by atoms with Crippen LogP contribution in [0.3, 0.4) is 0 Å². The molecule has 0 saturated heterocycles. The Bertz CT molecular complexity index is 474. The average molecular weight is 250 g/mol. The van der Waals surface area contributed by atoms with E-state index in [4.69, 9.17) is 5.73 Å². The van der Waals surface area contributed by atoms with Gasteiger partial charge in [-0.15, -0.1) is 12.4 Å². The summed E-state index contributed by atoms with van der Waals surface area (Å²) in [5.41, 5.74) is 7.53. The van der Waals surface area contributed by atoms with Gasteiger partial charge in [0.25, 0.3) is 0 Å². The van der Waals surface area contributed by atoms with E-state index >= 15 is 0 Å². The zero-order valence-corrected chi connectivity index (χ0v) is 11.2. The molecule has 0 amide bonds. The van der Waals surface area contributed by atoms with Crippen LogP contribution >= 0.6 is 12.4 Å². The molecule has 92 valence electrons. The number of rotatable bonds is 3. The van der Waals surface area contributed by atoms with E-state index in [-0.39, 0.29) is 18.4 Å². The molecule has 0 aliphatic rings. The molecular weight excluding hydrogens is 230 g/mol. The summed E-state index contributed by atoms with van der Waals surface area (Å²) < 4.78 is 0. The van der Waals surface area contributed by atoms with Crippen LogP contribution in [0.15, 0.2) is 42.5 Å². The molecule has 1 nitrogen and oxygen atoms in total. The summed E-state index contributed by atoms with van der Waals surface area (Å²) in [5.74, 6) is 0.633. The second kappa shape index (κ2) is 6.04. The highest BCUT2D eigenvalue weighted by Gasteiger charge is 2.10. The van der Waals surface area contributed by atoms with Gasteiger partial charge in [0.1, 0.15) is 0 Å². The van der Waals surface area contributed by atoms with Crippen molar-refractivity contribution in [3.63, 3.8) is 0 Å². The smallest absolute Gasteiger partial charge is 0.0303 e. The van der Waals surface area contributed by atoms with Gasteiger partial charge >= 0.3 is 0 Å². The van der Waals surface area contributed by atoms with Crippen LogP contribution in [0.5, 0.6) is 0 Å². The molecule has 0 aromatic heterocycles. The lowest BCUT2D eigenvalue weighted by molar-refractivity contribution is 0.512. The summed E-state index contributed by atoms with van der Waals surface area (Å²) in [5, 5.41) is 2.57. The zero-order valence-electron chi connectivity index (χ0n) is 10.4. The van der Waals surface area contributed by atoms with Gasteiger partial charge in [-0.3, -0.25) is 0 Å². The maximum absolute atomic E-state index is 6.26. The highest BCUT2D eigenvalue weighted by Crippen LogP contribution is 2.26. The van der Waals surface area contributed by atoms with Crippen molar-refractivity contribution < 1.29 is 0 Å². The zero-order chi connectivity index (χ0) is 11.5. The van der Waals surface area contributed by atoms with E-state index in [2.05, 4.69) is 56.3 Å². The molecule has 0 aliphatic carbocycles. The molecular formula is C15H20ClN. The van der Waals surface area contributed by atoms with E-state index in [1.54, 1.807) is 0 Å². The first kappa shape index (κ1) is 14.0. The Morgan fingerprint density at radius 1 is 1.00 bits per heavy atom. The molecule has 1 unspecified atom stereocenters. The third-order valence-corrected chi connectivity index (χ3v) is 2.95. The summed E-state index contributed by atoms with van der Waals surface area (Å²) in [4.78, 5) is 0. The van der Waals surface area contributed by atoms with Crippen molar-refractivity contribution in [3.05, 3.63) is 48.0 Å². The van der Waals surface area contributed by atoms with Crippen LogP contribution in [0.25, 0.3) is 10.8 Å². The highest BCUT2D eigenvalue weighted by molar-refractivity contribution is 5.86. The van der Waals surface area contributed by atoms with Crippen LogP contribution in [0.4, 0.5) is 0 Å². The average Bonchev–Trinajstić information content (AvgIpc) is 2.27. The van der Waals surface area contributed by atoms with Gasteiger partial charge in [-0.05, 0) is 28.7 Å². The summed E-state index contributed by atoms with van der Waals surface area (Å²) in [6, 6.07) is 15.0. The Hall–Kier alpha value is -1.05. The van der Waals surface area contributed by atoms with Crippen molar-refractivity contribution in [3.8, 4) is 0 Å². The molecule has 2 aromatic carbocycles. The summed E-state index contributed by atoms with van der Waals surface area (Å²) >= 11 is 0. The second-order valence-corrected chi connectivity index (χ2v) is 4.80. The number of halogens is 1. The fourth-order valence-electron chi connectivity index (χ4n) is 2.21. The predicted molar refractivity (Wildman–Crippen MR) is 77.6 cm³/mol. The van der Waals surface area contributed by atoms with Gasteiger partial charge in [0, 0.05) is 6.04 Å². The Kier molecular flexibility index (Phi) is 4.98. The summed E-state index contributed by atoms with van der Waals surface area (Å²) in [6.45, 7) is 4.43. The fraction of sp³-hybridized carbons (Fsp3) is 0.333. The van der Waals surface area contributed by atoms with Crippen molar-refractivity contribution in [2.24, 2.45) is 11.7 Å². The fourth-order valence-corrected chi connectivity index (χ4v) is 2.21. The molecule has 2 heteroatoms. The van der Waals surface area contributed by atoms with Gasteiger partial charge in [0.05, 0.1) is 0 Å². The number of benzene rings is 2. The first-order chi connectivity index (χ1) is 7.68. The Labute approximate surface area is 109 Å². The van der Waals surface area contributed by atoms with Gasteiger partial charge in [0.15, 0.2) is 0 Å². The molecule has 1 atom stereocenters. The lowest BCUT2D eigenvalue weighted by atomic mass is 9.93. The van der Waals surface area contributed by atoms with Crippen LogP contribution in [0, 0.1) is 5.92 Å². The van der Waals surface area contributed by atoms with E-state index in [9.17, 15) is 0 Å². The van der Waals surface area contributed by atoms with Gasteiger partial charge in [-0.2, -0.15) is 0 Å². The van der Waals surface area contributed by atoms with E-state index in [1.807, 2.05) is 0 Å². The van der Waals surface area contributed by atoms with E-state index in [0.717, 1.165) is 6.42 Å². The lowest BCUT2D eigenvalue weighted by Gasteiger charge is -2.16. The highest BCUT2D eigenvalue weighted by atomic mass is 35.5. The number of hydrogen-bond acceptors (Lipinski definition) is 1. The molecule has 2 rings (SSSR count). The first-order valence-electron chi connectivity index (χ1n) is 5.91. The van der Waals surface area contributed by atoms with Gasteiger partial charge in [0.2, 0.25) is 0 Å².